The summed E-state index contributed by atoms with van der Waals surface area (Å²) >= 11 is 5.92. The number of alkyl halides is 1. The highest BCUT2D eigenvalue weighted by Gasteiger charge is 2.40. The van der Waals surface area contributed by atoms with E-state index >= 15 is 0 Å². The van der Waals surface area contributed by atoms with Crippen molar-refractivity contribution in [1.29, 1.82) is 0 Å². The molecule has 0 aromatic rings. The second kappa shape index (κ2) is 3.87. The molecular formula is C10H18ClNO. The lowest BCUT2D eigenvalue weighted by atomic mass is 9.83. The zero-order valence-corrected chi connectivity index (χ0v) is 9.40. The van der Waals surface area contributed by atoms with Gasteiger partial charge in [-0.2, -0.15) is 0 Å². The number of nitrogens with zero attached hydrogens (tertiary/aromatic N) is 1. The molecule has 0 spiro atoms. The average Bonchev–Trinajstić information content (AvgIpc) is 2.43. The van der Waals surface area contributed by atoms with Crippen molar-refractivity contribution in [2.75, 3.05) is 19.0 Å². The van der Waals surface area contributed by atoms with E-state index in [1.165, 1.54) is 0 Å². The minimum absolute atomic E-state index is 0.117. The van der Waals surface area contributed by atoms with Crippen LogP contribution in [0.25, 0.3) is 0 Å². The first-order chi connectivity index (χ1) is 6.03. The molecule has 1 fully saturated rings. The van der Waals surface area contributed by atoms with Crippen molar-refractivity contribution in [3.63, 3.8) is 0 Å². The minimum atomic E-state index is 0.117. The molecule has 1 aliphatic rings. The highest BCUT2D eigenvalue weighted by atomic mass is 35.5. The first-order valence-electron chi connectivity index (χ1n) is 4.87. The molecule has 2 atom stereocenters. The SMILES string of the molecule is CCC(=O)N1CC(C)C(C)(CCl)C1. The maximum absolute atomic E-state index is 11.4. The van der Waals surface area contributed by atoms with Crippen LogP contribution in [-0.2, 0) is 4.79 Å². The molecule has 1 aliphatic heterocycles. The molecule has 76 valence electrons. The average molecular weight is 204 g/mol. The number of amides is 1. The fourth-order valence-corrected chi connectivity index (χ4v) is 2.14. The van der Waals surface area contributed by atoms with Gasteiger partial charge in [-0.1, -0.05) is 20.8 Å². The van der Waals surface area contributed by atoms with E-state index in [1.807, 2.05) is 11.8 Å². The molecule has 1 saturated heterocycles. The van der Waals surface area contributed by atoms with Crippen LogP contribution < -0.4 is 0 Å². The van der Waals surface area contributed by atoms with Crippen molar-refractivity contribution in [2.24, 2.45) is 11.3 Å². The first kappa shape index (κ1) is 10.8. The van der Waals surface area contributed by atoms with Gasteiger partial charge in [0.15, 0.2) is 0 Å². The molecule has 13 heavy (non-hydrogen) atoms. The molecular weight excluding hydrogens is 186 g/mol. The summed E-state index contributed by atoms with van der Waals surface area (Å²) < 4.78 is 0. The topological polar surface area (TPSA) is 20.3 Å². The highest BCUT2D eigenvalue weighted by molar-refractivity contribution is 6.18. The third-order valence-electron chi connectivity index (χ3n) is 3.20. The number of likely N-dealkylation sites (tertiary alicyclic amines) is 1. The molecule has 0 N–H and O–H groups in total. The summed E-state index contributed by atoms with van der Waals surface area (Å²) in [4.78, 5) is 13.4. The molecule has 0 aromatic heterocycles. The number of rotatable bonds is 2. The first-order valence-corrected chi connectivity index (χ1v) is 5.40. The number of carbonyl (C=O) groups is 1. The zero-order chi connectivity index (χ0) is 10.1. The number of hydrogen-bond acceptors (Lipinski definition) is 1. The summed E-state index contributed by atoms with van der Waals surface area (Å²) in [5.41, 5.74) is 0.117. The van der Waals surface area contributed by atoms with E-state index in [2.05, 4.69) is 13.8 Å². The lowest BCUT2D eigenvalue weighted by Crippen LogP contribution is -2.31. The van der Waals surface area contributed by atoms with Crippen LogP contribution in [0.4, 0.5) is 0 Å². The van der Waals surface area contributed by atoms with Crippen LogP contribution in [0, 0.1) is 11.3 Å². The molecule has 0 bridgehead atoms. The van der Waals surface area contributed by atoms with E-state index in [0.717, 1.165) is 13.1 Å². The van der Waals surface area contributed by atoms with Gasteiger partial charge in [-0.05, 0) is 5.92 Å². The molecule has 0 radical (unpaired) electrons. The predicted molar refractivity (Wildman–Crippen MR) is 54.9 cm³/mol. The van der Waals surface area contributed by atoms with Gasteiger partial charge >= 0.3 is 0 Å². The molecule has 3 heteroatoms. The van der Waals surface area contributed by atoms with Crippen LogP contribution >= 0.6 is 11.6 Å². The van der Waals surface area contributed by atoms with Crippen molar-refractivity contribution < 1.29 is 4.79 Å². The quantitative estimate of drug-likeness (QED) is 0.630. The Morgan fingerprint density at radius 3 is 2.69 bits per heavy atom. The summed E-state index contributed by atoms with van der Waals surface area (Å²) in [6.45, 7) is 7.93. The Kier molecular flexibility index (Phi) is 3.23. The number of hydrogen-bond donors (Lipinski definition) is 0. The van der Waals surface area contributed by atoms with Crippen molar-refractivity contribution in [3.05, 3.63) is 0 Å². The van der Waals surface area contributed by atoms with Crippen LogP contribution in [0.5, 0.6) is 0 Å². The van der Waals surface area contributed by atoms with Crippen molar-refractivity contribution in [1.82, 2.24) is 4.90 Å². The monoisotopic (exact) mass is 203 g/mol. The van der Waals surface area contributed by atoms with Gasteiger partial charge in [0, 0.05) is 30.8 Å². The van der Waals surface area contributed by atoms with Crippen LogP contribution in [0.2, 0.25) is 0 Å². The molecule has 2 unspecified atom stereocenters. The Morgan fingerprint density at radius 1 is 1.69 bits per heavy atom. The fourth-order valence-electron chi connectivity index (χ4n) is 1.79. The Bertz CT molecular complexity index is 207. The fraction of sp³-hybridized carbons (Fsp3) is 0.900. The van der Waals surface area contributed by atoms with E-state index in [0.29, 0.717) is 18.2 Å². The molecule has 1 heterocycles. The van der Waals surface area contributed by atoms with E-state index < -0.39 is 0 Å². The van der Waals surface area contributed by atoms with E-state index in [9.17, 15) is 4.79 Å². The van der Waals surface area contributed by atoms with Crippen molar-refractivity contribution in [3.8, 4) is 0 Å². The Hall–Kier alpha value is -0.240. The van der Waals surface area contributed by atoms with Gasteiger partial charge in [-0.3, -0.25) is 4.79 Å². The lowest BCUT2D eigenvalue weighted by Gasteiger charge is -2.24. The van der Waals surface area contributed by atoms with Crippen LogP contribution in [0.1, 0.15) is 27.2 Å². The third kappa shape index (κ3) is 1.98. The van der Waals surface area contributed by atoms with Gasteiger partial charge < -0.3 is 4.90 Å². The van der Waals surface area contributed by atoms with Gasteiger partial charge in [-0.15, -0.1) is 11.6 Å². The summed E-state index contributed by atoms with van der Waals surface area (Å²) in [6.07, 6.45) is 0.602. The maximum Gasteiger partial charge on any atom is 0.222 e. The van der Waals surface area contributed by atoms with E-state index in [4.69, 9.17) is 11.6 Å². The van der Waals surface area contributed by atoms with Crippen LogP contribution in [-0.4, -0.2) is 29.8 Å². The minimum Gasteiger partial charge on any atom is -0.342 e. The Labute approximate surface area is 85.2 Å². The molecule has 0 saturated carbocycles. The van der Waals surface area contributed by atoms with E-state index in [1.54, 1.807) is 0 Å². The zero-order valence-electron chi connectivity index (χ0n) is 8.64. The smallest absolute Gasteiger partial charge is 0.222 e. The standard InChI is InChI=1S/C10H18ClNO/c1-4-9(13)12-5-8(2)10(3,6-11)7-12/h8H,4-7H2,1-3H3. The van der Waals surface area contributed by atoms with Gasteiger partial charge in [0.1, 0.15) is 0 Å². The van der Waals surface area contributed by atoms with Gasteiger partial charge in [0.2, 0.25) is 5.91 Å². The summed E-state index contributed by atoms with van der Waals surface area (Å²) in [7, 11) is 0. The van der Waals surface area contributed by atoms with Crippen molar-refractivity contribution >= 4 is 17.5 Å². The largest absolute Gasteiger partial charge is 0.342 e. The second-order valence-electron chi connectivity index (χ2n) is 4.32. The molecule has 0 aliphatic carbocycles. The maximum atomic E-state index is 11.4. The predicted octanol–water partition coefficient (Wildman–Crippen LogP) is 2.12. The third-order valence-corrected chi connectivity index (χ3v) is 3.81. The van der Waals surface area contributed by atoms with Gasteiger partial charge in [0.05, 0.1) is 0 Å². The Balaban J connectivity index is 2.65. The summed E-state index contributed by atoms with van der Waals surface area (Å²) in [5, 5.41) is 0. The summed E-state index contributed by atoms with van der Waals surface area (Å²) in [6, 6.07) is 0. The Morgan fingerprint density at radius 2 is 2.31 bits per heavy atom. The lowest BCUT2D eigenvalue weighted by molar-refractivity contribution is -0.130. The van der Waals surface area contributed by atoms with E-state index in [-0.39, 0.29) is 11.3 Å². The number of carbonyl (C=O) groups excluding carboxylic acids is 1. The summed E-state index contributed by atoms with van der Waals surface area (Å²) in [5.74, 6) is 1.41. The van der Waals surface area contributed by atoms with Gasteiger partial charge in [-0.25, -0.2) is 0 Å². The molecule has 1 rings (SSSR count). The van der Waals surface area contributed by atoms with Crippen LogP contribution in [0.3, 0.4) is 0 Å². The van der Waals surface area contributed by atoms with Crippen LogP contribution in [0.15, 0.2) is 0 Å². The number of halogens is 1. The molecule has 1 amide bonds. The molecule has 0 aromatic carbocycles. The second-order valence-corrected chi connectivity index (χ2v) is 4.58. The highest BCUT2D eigenvalue weighted by Crippen LogP contribution is 2.36. The van der Waals surface area contributed by atoms with Crippen molar-refractivity contribution in [2.45, 2.75) is 27.2 Å². The van der Waals surface area contributed by atoms with Gasteiger partial charge in [0.25, 0.3) is 0 Å². The molecule has 2 nitrogen and oxygen atoms in total. The normalized spacial score (nSPS) is 33.8.